The summed E-state index contributed by atoms with van der Waals surface area (Å²) in [6.07, 6.45) is 0.740. The first-order valence-electron chi connectivity index (χ1n) is 5.90. The number of hydrogen-bond acceptors (Lipinski definition) is 2. The summed E-state index contributed by atoms with van der Waals surface area (Å²) in [7, 11) is -3.81. The zero-order chi connectivity index (χ0) is 14.2. The molecule has 106 valence electrons. The first kappa shape index (κ1) is 15.0. The average molecular weight is 326 g/mol. The fourth-order valence-electron chi connectivity index (χ4n) is 2.30. The molecule has 0 amide bonds. The van der Waals surface area contributed by atoms with Crippen LogP contribution >= 0.6 is 23.2 Å². The van der Waals surface area contributed by atoms with Gasteiger partial charge in [0.05, 0.1) is 5.02 Å². The molecule has 3 nitrogen and oxygen atoms in total. The number of benzene rings is 1. The lowest BCUT2D eigenvalue weighted by atomic mass is 10.1. The van der Waals surface area contributed by atoms with Gasteiger partial charge < -0.3 is 0 Å². The Labute approximate surface area is 122 Å². The van der Waals surface area contributed by atoms with Gasteiger partial charge >= 0.3 is 0 Å². The van der Waals surface area contributed by atoms with Gasteiger partial charge in [-0.3, -0.25) is 0 Å². The molecular formula is C12H14Cl2FNO2S. The summed E-state index contributed by atoms with van der Waals surface area (Å²) in [5.74, 6) is -0.231. The minimum Gasteiger partial charge on any atom is -0.207 e. The van der Waals surface area contributed by atoms with Crippen molar-refractivity contribution in [2.24, 2.45) is 5.92 Å². The van der Waals surface area contributed by atoms with E-state index in [9.17, 15) is 12.8 Å². The minimum absolute atomic E-state index is 0.0225. The molecule has 2 rings (SSSR count). The fraction of sp³-hybridized carbons (Fsp3) is 0.500. The second kappa shape index (κ2) is 5.56. The van der Waals surface area contributed by atoms with Crippen LogP contribution in [0.4, 0.5) is 4.39 Å². The first-order valence-corrected chi connectivity index (χ1v) is 8.26. The molecule has 1 heterocycles. The Morgan fingerprint density at radius 2 is 2.16 bits per heavy atom. The van der Waals surface area contributed by atoms with E-state index >= 15 is 0 Å². The fourth-order valence-corrected chi connectivity index (χ4v) is 5.08. The maximum Gasteiger partial charge on any atom is 0.244 e. The van der Waals surface area contributed by atoms with Crippen LogP contribution in [0.15, 0.2) is 23.1 Å². The maximum atomic E-state index is 13.3. The van der Waals surface area contributed by atoms with E-state index in [2.05, 4.69) is 0 Å². The smallest absolute Gasteiger partial charge is 0.207 e. The monoisotopic (exact) mass is 325 g/mol. The molecular weight excluding hydrogens is 312 g/mol. The zero-order valence-corrected chi connectivity index (χ0v) is 12.6. The summed E-state index contributed by atoms with van der Waals surface area (Å²) in [6.45, 7) is 2.34. The van der Waals surface area contributed by atoms with Gasteiger partial charge in [-0.05, 0) is 30.5 Å². The van der Waals surface area contributed by atoms with Crippen molar-refractivity contribution >= 4 is 33.2 Å². The Balaban J connectivity index is 2.45. The lowest BCUT2D eigenvalue weighted by Gasteiger charge is -2.24. The molecule has 2 unspecified atom stereocenters. The molecule has 19 heavy (non-hydrogen) atoms. The molecule has 1 saturated heterocycles. The highest BCUT2D eigenvalue weighted by Gasteiger charge is 2.39. The van der Waals surface area contributed by atoms with Gasteiger partial charge in [0, 0.05) is 18.5 Å². The highest BCUT2D eigenvalue weighted by Crippen LogP contribution is 2.33. The molecule has 0 saturated carbocycles. The van der Waals surface area contributed by atoms with Crippen LogP contribution in [0.2, 0.25) is 5.02 Å². The predicted octanol–water partition coefficient (Wildman–Crippen LogP) is 3.12. The van der Waals surface area contributed by atoms with Gasteiger partial charge in [0.2, 0.25) is 10.0 Å². The average Bonchev–Trinajstić information content (AvgIpc) is 2.74. The second-order valence-corrected chi connectivity index (χ2v) is 7.25. The normalized spacial score (nSPS) is 24.8. The third kappa shape index (κ3) is 2.75. The molecule has 0 radical (unpaired) electrons. The molecule has 7 heteroatoms. The SMILES string of the molecule is CC1CCN(S(=O)(=O)c2cc(F)ccc2Cl)C1CCl. The van der Waals surface area contributed by atoms with E-state index in [1.165, 1.54) is 10.4 Å². The maximum absolute atomic E-state index is 13.3. The van der Waals surface area contributed by atoms with E-state index in [1.54, 1.807) is 0 Å². The van der Waals surface area contributed by atoms with E-state index in [0.29, 0.717) is 6.54 Å². The van der Waals surface area contributed by atoms with Gasteiger partial charge in [0.25, 0.3) is 0 Å². The standard InChI is InChI=1S/C12H14Cl2FNO2S/c1-8-4-5-16(11(8)7-13)19(17,18)12-6-9(15)2-3-10(12)14/h2-3,6,8,11H,4-5,7H2,1H3. The van der Waals surface area contributed by atoms with E-state index in [4.69, 9.17) is 23.2 Å². The number of sulfonamides is 1. The summed E-state index contributed by atoms with van der Waals surface area (Å²) in [5, 5.41) is 0.0225. The van der Waals surface area contributed by atoms with Crippen molar-refractivity contribution in [3.05, 3.63) is 29.0 Å². The Kier molecular flexibility index (Phi) is 4.40. The Hall–Kier alpha value is -0.360. The number of hydrogen-bond donors (Lipinski definition) is 0. The van der Waals surface area contributed by atoms with Crippen molar-refractivity contribution < 1.29 is 12.8 Å². The third-order valence-corrected chi connectivity index (χ3v) is 6.19. The Bertz CT molecular complexity index is 579. The first-order chi connectivity index (χ1) is 8.87. The molecule has 1 aromatic rings. The minimum atomic E-state index is -3.81. The summed E-state index contributed by atoms with van der Waals surface area (Å²) in [4.78, 5) is -0.196. The molecule has 1 aromatic carbocycles. The van der Waals surface area contributed by atoms with Crippen molar-refractivity contribution in [1.29, 1.82) is 0 Å². The van der Waals surface area contributed by atoms with Crippen LogP contribution in [-0.2, 0) is 10.0 Å². The van der Waals surface area contributed by atoms with Crippen molar-refractivity contribution in [2.75, 3.05) is 12.4 Å². The van der Waals surface area contributed by atoms with Gasteiger partial charge in [0.1, 0.15) is 10.7 Å². The van der Waals surface area contributed by atoms with E-state index in [-0.39, 0.29) is 27.8 Å². The van der Waals surface area contributed by atoms with Crippen LogP contribution in [0.3, 0.4) is 0 Å². The van der Waals surface area contributed by atoms with Crippen LogP contribution in [0.5, 0.6) is 0 Å². The van der Waals surface area contributed by atoms with Gasteiger partial charge in [0.15, 0.2) is 0 Å². The molecule has 0 spiro atoms. The van der Waals surface area contributed by atoms with E-state index in [1.807, 2.05) is 6.92 Å². The number of nitrogens with zero attached hydrogens (tertiary/aromatic N) is 1. The third-order valence-electron chi connectivity index (χ3n) is 3.47. The molecule has 0 bridgehead atoms. The van der Waals surface area contributed by atoms with Crippen molar-refractivity contribution in [3.8, 4) is 0 Å². The van der Waals surface area contributed by atoms with Crippen LogP contribution in [-0.4, -0.2) is 31.2 Å². The summed E-state index contributed by atoms with van der Waals surface area (Å²) < 4.78 is 39.7. The number of alkyl halides is 1. The highest BCUT2D eigenvalue weighted by molar-refractivity contribution is 7.89. The van der Waals surface area contributed by atoms with Gasteiger partial charge in [-0.15, -0.1) is 11.6 Å². The molecule has 1 fully saturated rings. The van der Waals surface area contributed by atoms with Gasteiger partial charge in [-0.2, -0.15) is 4.31 Å². The zero-order valence-electron chi connectivity index (χ0n) is 10.3. The lowest BCUT2D eigenvalue weighted by Crippen LogP contribution is -2.38. The molecule has 1 aliphatic rings. The second-order valence-electron chi connectivity index (χ2n) is 4.68. The topological polar surface area (TPSA) is 37.4 Å². The van der Waals surface area contributed by atoms with Gasteiger partial charge in [-0.1, -0.05) is 18.5 Å². The molecule has 0 N–H and O–H groups in total. The van der Waals surface area contributed by atoms with Crippen molar-refractivity contribution in [2.45, 2.75) is 24.3 Å². The van der Waals surface area contributed by atoms with Gasteiger partial charge in [-0.25, -0.2) is 12.8 Å². The molecule has 2 atom stereocenters. The summed E-state index contributed by atoms with van der Waals surface area (Å²) in [6, 6.07) is 3.06. The lowest BCUT2D eigenvalue weighted by molar-refractivity contribution is 0.375. The Morgan fingerprint density at radius 1 is 1.47 bits per heavy atom. The summed E-state index contributed by atoms with van der Waals surface area (Å²) in [5.41, 5.74) is 0. The van der Waals surface area contributed by atoms with Crippen LogP contribution in [0, 0.1) is 11.7 Å². The largest absolute Gasteiger partial charge is 0.244 e. The highest BCUT2D eigenvalue weighted by atomic mass is 35.5. The molecule has 1 aliphatic heterocycles. The number of halogens is 3. The van der Waals surface area contributed by atoms with Crippen molar-refractivity contribution in [3.63, 3.8) is 0 Å². The van der Waals surface area contributed by atoms with Crippen LogP contribution in [0.25, 0.3) is 0 Å². The predicted molar refractivity (Wildman–Crippen MR) is 73.6 cm³/mol. The summed E-state index contributed by atoms with van der Waals surface area (Å²) >= 11 is 11.7. The van der Waals surface area contributed by atoms with Crippen LogP contribution < -0.4 is 0 Å². The Morgan fingerprint density at radius 3 is 2.79 bits per heavy atom. The quantitative estimate of drug-likeness (QED) is 0.801. The van der Waals surface area contributed by atoms with E-state index < -0.39 is 15.8 Å². The number of rotatable bonds is 3. The van der Waals surface area contributed by atoms with E-state index in [0.717, 1.165) is 18.6 Å². The molecule has 0 aliphatic carbocycles. The molecule has 0 aromatic heterocycles. The van der Waals surface area contributed by atoms with Crippen LogP contribution in [0.1, 0.15) is 13.3 Å². The van der Waals surface area contributed by atoms with Crippen molar-refractivity contribution in [1.82, 2.24) is 4.31 Å².